The molecule has 18 heavy (non-hydrogen) atoms. The van der Waals surface area contributed by atoms with E-state index in [0.29, 0.717) is 10.9 Å². The van der Waals surface area contributed by atoms with Crippen molar-refractivity contribution < 1.29 is 0 Å². The van der Waals surface area contributed by atoms with Gasteiger partial charge < -0.3 is 10.2 Å². The maximum Gasteiger partial charge on any atom is 0.255 e. The average molecular weight is 269 g/mol. The molecule has 98 valence electrons. The zero-order valence-corrected chi connectivity index (χ0v) is 11.7. The van der Waals surface area contributed by atoms with E-state index in [1.807, 2.05) is 21.0 Å². The average Bonchev–Trinajstić information content (AvgIpc) is 2.71. The van der Waals surface area contributed by atoms with Gasteiger partial charge in [-0.2, -0.15) is 19.6 Å². The Bertz CT molecular complexity index is 550. The first kappa shape index (κ1) is 13.0. The molecule has 0 amide bonds. The molecule has 2 aromatic rings. The van der Waals surface area contributed by atoms with Crippen LogP contribution in [0.1, 0.15) is 12.5 Å². The van der Waals surface area contributed by atoms with E-state index in [1.54, 1.807) is 4.52 Å². The first-order valence-electron chi connectivity index (χ1n) is 5.76. The second kappa shape index (κ2) is 5.07. The molecule has 1 atom stereocenters. The Hall–Kier alpha value is -1.40. The van der Waals surface area contributed by atoms with Gasteiger partial charge in [-0.3, -0.25) is 0 Å². The number of hydrogen-bond donors (Lipinski definition) is 1. The van der Waals surface area contributed by atoms with Crippen LogP contribution in [0.2, 0.25) is 5.15 Å². The monoisotopic (exact) mass is 268 g/mol. The second-order valence-corrected chi connectivity index (χ2v) is 5.01. The Morgan fingerprint density at radius 1 is 1.50 bits per heavy atom. The van der Waals surface area contributed by atoms with Crippen molar-refractivity contribution >= 4 is 23.2 Å². The largest absolute Gasteiger partial charge is 0.366 e. The third-order valence-corrected chi connectivity index (χ3v) is 2.99. The van der Waals surface area contributed by atoms with Crippen LogP contribution in [-0.2, 0) is 0 Å². The van der Waals surface area contributed by atoms with E-state index >= 15 is 0 Å². The number of hydrogen-bond acceptors (Lipinski definition) is 5. The van der Waals surface area contributed by atoms with Crippen molar-refractivity contribution in [1.82, 2.24) is 24.5 Å². The van der Waals surface area contributed by atoms with Crippen molar-refractivity contribution in [2.75, 3.05) is 26.0 Å². The minimum absolute atomic E-state index is 0.268. The molecule has 0 radical (unpaired) electrons. The number of likely N-dealkylation sites (N-methyl/N-ethyl adjacent to an activating group) is 1. The van der Waals surface area contributed by atoms with E-state index < -0.39 is 0 Å². The highest BCUT2D eigenvalue weighted by atomic mass is 35.5. The van der Waals surface area contributed by atoms with Crippen LogP contribution in [-0.4, -0.2) is 51.2 Å². The summed E-state index contributed by atoms with van der Waals surface area (Å²) in [4.78, 5) is 10.3. The van der Waals surface area contributed by atoms with Crippen LogP contribution < -0.4 is 5.32 Å². The number of rotatable bonds is 4. The predicted molar refractivity (Wildman–Crippen MR) is 72.2 cm³/mol. The summed E-state index contributed by atoms with van der Waals surface area (Å²) in [5.74, 6) is 1.35. The fraction of sp³-hybridized carbons (Fsp3) is 0.545. The summed E-state index contributed by atoms with van der Waals surface area (Å²) in [5, 5.41) is 8.02. The Balaban J connectivity index is 2.36. The van der Waals surface area contributed by atoms with E-state index in [2.05, 4.69) is 32.2 Å². The smallest absolute Gasteiger partial charge is 0.255 e. The number of aromatic nitrogens is 4. The molecule has 1 N–H and O–H groups in total. The fourth-order valence-corrected chi connectivity index (χ4v) is 2.06. The van der Waals surface area contributed by atoms with Crippen LogP contribution in [0.5, 0.6) is 0 Å². The van der Waals surface area contributed by atoms with Gasteiger partial charge >= 0.3 is 0 Å². The lowest BCUT2D eigenvalue weighted by Gasteiger charge is -2.20. The third-order valence-electron chi connectivity index (χ3n) is 2.63. The summed E-state index contributed by atoms with van der Waals surface area (Å²) in [6, 6.07) is 0.268. The third kappa shape index (κ3) is 2.54. The lowest BCUT2D eigenvalue weighted by molar-refractivity contribution is 0.391. The molecule has 0 aliphatic heterocycles. The minimum Gasteiger partial charge on any atom is -0.366 e. The standard InChI is InChI=1S/C11H17ClN6/c1-7(5-17(3)4)15-10-8(2)9(12)16-11-13-6-14-18(10)11/h6-7,15H,5H2,1-4H3. The summed E-state index contributed by atoms with van der Waals surface area (Å²) in [7, 11) is 4.07. The van der Waals surface area contributed by atoms with Crippen molar-refractivity contribution in [1.29, 1.82) is 0 Å². The van der Waals surface area contributed by atoms with E-state index in [-0.39, 0.29) is 6.04 Å². The van der Waals surface area contributed by atoms with Crippen LogP contribution in [0.15, 0.2) is 6.33 Å². The topological polar surface area (TPSA) is 58.4 Å². The number of nitrogens with zero attached hydrogens (tertiary/aromatic N) is 5. The lowest BCUT2D eigenvalue weighted by Crippen LogP contribution is -2.30. The molecule has 2 heterocycles. The van der Waals surface area contributed by atoms with Crippen LogP contribution in [0, 0.1) is 6.92 Å². The lowest BCUT2D eigenvalue weighted by atomic mass is 10.3. The van der Waals surface area contributed by atoms with E-state index in [4.69, 9.17) is 11.6 Å². The van der Waals surface area contributed by atoms with Gasteiger partial charge in [0.05, 0.1) is 0 Å². The van der Waals surface area contributed by atoms with Gasteiger partial charge in [0.1, 0.15) is 17.3 Å². The molecule has 6 nitrogen and oxygen atoms in total. The Labute approximate surface area is 111 Å². The number of fused-ring (bicyclic) bond motifs is 1. The number of halogens is 1. The van der Waals surface area contributed by atoms with Gasteiger partial charge in [-0.25, -0.2) is 0 Å². The van der Waals surface area contributed by atoms with Crippen molar-refractivity contribution in [3.05, 3.63) is 17.0 Å². The fourth-order valence-electron chi connectivity index (χ4n) is 1.89. The second-order valence-electron chi connectivity index (χ2n) is 4.66. The molecular weight excluding hydrogens is 252 g/mol. The molecule has 1 unspecified atom stereocenters. The predicted octanol–water partition coefficient (Wildman–Crippen LogP) is 1.45. The summed E-state index contributed by atoms with van der Waals surface area (Å²) in [5.41, 5.74) is 0.875. The number of anilines is 1. The molecule has 0 saturated carbocycles. The highest BCUT2D eigenvalue weighted by Crippen LogP contribution is 2.22. The van der Waals surface area contributed by atoms with Gasteiger partial charge in [-0.15, -0.1) is 0 Å². The van der Waals surface area contributed by atoms with E-state index in [1.165, 1.54) is 6.33 Å². The van der Waals surface area contributed by atoms with Crippen molar-refractivity contribution in [3.63, 3.8) is 0 Å². The maximum absolute atomic E-state index is 6.10. The maximum atomic E-state index is 6.10. The molecule has 0 aliphatic carbocycles. The van der Waals surface area contributed by atoms with Crippen LogP contribution >= 0.6 is 11.6 Å². The molecule has 2 aromatic heterocycles. The Morgan fingerprint density at radius 2 is 2.22 bits per heavy atom. The molecule has 0 saturated heterocycles. The summed E-state index contributed by atoms with van der Waals surface area (Å²) in [6.07, 6.45) is 1.47. The summed E-state index contributed by atoms with van der Waals surface area (Å²) < 4.78 is 1.67. The molecule has 0 spiro atoms. The van der Waals surface area contributed by atoms with Gasteiger partial charge in [0.15, 0.2) is 0 Å². The molecule has 0 fully saturated rings. The van der Waals surface area contributed by atoms with E-state index in [9.17, 15) is 0 Å². The molecular formula is C11H17ClN6. The minimum atomic E-state index is 0.268. The van der Waals surface area contributed by atoms with E-state index in [0.717, 1.165) is 17.9 Å². The van der Waals surface area contributed by atoms with Gasteiger partial charge in [0.25, 0.3) is 5.78 Å². The van der Waals surface area contributed by atoms with Crippen molar-refractivity contribution in [2.45, 2.75) is 19.9 Å². The highest BCUT2D eigenvalue weighted by Gasteiger charge is 2.14. The molecule has 2 rings (SSSR count). The zero-order valence-electron chi connectivity index (χ0n) is 11.0. The first-order chi connectivity index (χ1) is 8.49. The van der Waals surface area contributed by atoms with Crippen molar-refractivity contribution in [3.8, 4) is 0 Å². The summed E-state index contributed by atoms with van der Waals surface area (Å²) >= 11 is 6.10. The SMILES string of the molecule is Cc1c(Cl)nc2ncnn2c1NC(C)CN(C)C. The quantitative estimate of drug-likeness (QED) is 0.851. The molecule has 0 aliphatic rings. The highest BCUT2D eigenvalue weighted by molar-refractivity contribution is 6.30. The van der Waals surface area contributed by atoms with Crippen LogP contribution in [0.4, 0.5) is 5.82 Å². The van der Waals surface area contributed by atoms with Crippen molar-refractivity contribution in [2.24, 2.45) is 0 Å². The van der Waals surface area contributed by atoms with Crippen LogP contribution in [0.25, 0.3) is 5.78 Å². The van der Waals surface area contributed by atoms with Gasteiger partial charge in [0, 0.05) is 18.2 Å². The van der Waals surface area contributed by atoms with Gasteiger partial charge in [-0.1, -0.05) is 11.6 Å². The van der Waals surface area contributed by atoms with Crippen LogP contribution in [0.3, 0.4) is 0 Å². The molecule has 7 heteroatoms. The Kier molecular flexibility index (Phi) is 3.68. The first-order valence-corrected chi connectivity index (χ1v) is 6.14. The molecule has 0 bridgehead atoms. The molecule has 0 aromatic carbocycles. The Morgan fingerprint density at radius 3 is 2.89 bits per heavy atom. The number of nitrogens with one attached hydrogen (secondary N) is 1. The van der Waals surface area contributed by atoms with Gasteiger partial charge in [0.2, 0.25) is 0 Å². The summed E-state index contributed by atoms with van der Waals surface area (Å²) in [6.45, 7) is 4.94. The normalized spacial score (nSPS) is 13.2. The van der Waals surface area contributed by atoms with Gasteiger partial charge in [-0.05, 0) is 27.9 Å². The zero-order chi connectivity index (χ0) is 13.3.